The average Bonchev–Trinajstić information content (AvgIpc) is 2.86. The highest BCUT2D eigenvalue weighted by atomic mass is 32.2. The first-order valence-electron chi connectivity index (χ1n) is 5.63. The lowest BCUT2D eigenvalue weighted by atomic mass is 10.3. The number of thiophene rings is 1. The number of benzene rings is 1. The lowest BCUT2D eigenvalue weighted by molar-refractivity contribution is 0.0949. The van der Waals surface area contributed by atoms with E-state index in [1.54, 1.807) is 19.1 Å². The van der Waals surface area contributed by atoms with E-state index >= 15 is 0 Å². The molecule has 21 heavy (non-hydrogen) atoms. The van der Waals surface area contributed by atoms with Gasteiger partial charge in [0.2, 0.25) is 0 Å². The van der Waals surface area contributed by atoms with Crippen LogP contribution in [-0.4, -0.2) is 14.3 Å². The highest BCUT2D eigenvalue weighted by Crippen LogP contribution is 2.15. The maximum absolute atomic E-state index is 13.0. The monoisotopic (exact) mass is 332 g/mol. The molecule has 0 saturated carbocycles. The van der Waals surface area contributed by atoms with E-state index in [9.17, 15) is 22.0 Å². The van der Waals surface area contributed by atoms with Crippen LogP contribution >= 0.6 is 11.3 Å². The smallest absolute Gasteiger partial charge is 0.273 e. The molecule has 1 heterocycles. The van der Waals surface area contributed by atoms with E-state index in [1.165, 1.54) is 11.3 Å². The van der Waals surface area contributed by atoms with Crippen LogP contribution < -0.4 is 10.3 Å². The molecule has 0 aliphatic rings. The van der Waals surface area contributed by atoms with Crippen LogP contribution in [-0.2, 0) is 10.0 Å². The second kappa shape index (κ2) is 5.88. The van der Waals surface area contributed by atoms with Gasteiger partial charge in [-0.1, -0.05) is 0 Å². The van der Waals surface area contributed by atoms with Crippen molar-refractivity contribution in [3.63, 3.8) is 0 Å². The lowest BCUT2D eigenvalue weighted by Gasteiger charge is -2.07. The van der Waals surface area contributed by atoms with Gasteiger partial charge < -0.3 is 0 Å². The Labute approximate surface area is 123 Å². The Morgan fingerprint density at radius 3 is 2.43 bits per heavy atom. The van der Waals surface area contributed by atoms with Crippen LogP contribution in [0.15, 0.2) is 35.2 Å². The summed E-state index contributed by atoms with van der Waals surface area (Å²) in [5, 5.41) is 0. The summed E-state index contributed by atoms with van der Waals surface area (Å²) in [5.41, 5.74) is 2.00. The maximum atomic E-state index is 13.0. The summed E-state index contributed by atoms with van der Waals surface area (Å²) in [4.78, 5) is 14.2. The molecule has 1 aromatic heterocycles. The van der Waals surface area contributed by atoms with Gasteiger partial charge in [-0.05, 0) is 37.3 Å². The number of halogens is 2. The van der Waals surface area contributed by atoms with Gasteiger partial charge in [0, 0.05) is 4.88 Å². The number of rotatable bonds is 4. The van der Waals surface area contributed by atoms with Crippen LogP contribution in [0.5, 0.6) is 0 Å². The molecule has 1 amide bonds. The number of aryl methyl sites for hydroxylation is 1. The Morgan fingerprint density at radius 1 is 1.14 bits per heavy atom. The average molecular weight is 332 g/mol. The van der Waals surface area contributed by atoms with Crippen LogP contribution in [0.3, 0.4) is 0 Å². The number of nitrogens with one attached hydrogen (secondary N) is 2. The molecule has 2 aromatic rings. The predicted octanol–water partition coefficient (Wildman–Crippen LogP) is 1.96. The van der Waals surface area contributed by atoms with Crippen LogP contribution in [0, 0.1) is 18.6 Å². The third-order valence-electron chi connectivity index (χ3n) is 2.46. The van der Waals surface area contributed by atoms with Crippen molar-refractivity contribution in [2.75, 3.05) is 0 Å². The summed E-state index contributed by atoms with van der Waals surface area (Å²) in [5.74, 6) is -3.09. The van der Waals surface area contributed by atoms with Gasteiger partial charge >= 0.3 is 0 Å². The first kappa shape index (κ1) is 15.5. The molecular weight excluding hydrogens is 322 g/mol. The van der Waals surface area contributed by atoms with Crippen LogP contribution in [0.4, 0.5) is 8.78 Å². The molecule has 5 nitrogen and oxygen atoms in total. The van der Waals surface area contributed by atoms with Crippen molar-refractivity contribution in [2.45, 2.75) is 11.8 Å². The predicted molar refractivity (Wildman–Crippen MR) is 73.2 cm³/mol. The van der Waals surface area contributed by atoms with Gasteiger partial charge in [0.25, 0.3) is 15.9 Å². The molecule has 2 rings (SSSR count). The zero-order valence-electron chi connectivity index (χ0n) is 10.7. The Balaban J connectivity index is 2.11. The van der Waals surface area contributed by atoms with E-state index in [0.717, 1.165) is 10.9 Å². The molecule has 0 atom stereocenters. The zero-order chi connectivity index (χ0) is 15.6. The van der Waals surface area contributed by atoms with Gasteiger partial charge in [-0.15, -0.1) is 16.2 Å². The Kier molecular flexibility index (Phi) is 4.35. The first-order chi connectivity index (χ1) is 9.79. The Morgan fingerprint density at radius 2 is 1.86 bits per heavy atom. The zero-order valence-corrected chi connectivity index (χ0v) is 12.3. The van der Waals surface area contributed by atoms with Gasteiger partial charge in [-0.3, -0.25) is 10.2 Å². The van der Waals surface area contributed by atoms with Crippen molar-refractivity contribution in [1.82, 2.24) is 10.3 Å². The van der Waals surface area contributed by atoms with Gasteiger partial charge in [-0.25, -0.2) is 17.2 Å². The van der Waals surface area contributed by atoms with Gasteiger partial charge in [0.1, 0.15) is 0 Å². The molecule has 1 aromatic carbocycles. The summed E-state index contributed by atoms with van der Waals surface area (Å²) in [6.07, 6.45) is 0. The highest BCUT2D eigenvalue weighted by molar-refractivity contribution is 7.89. The molecule has 0 fully saturated rings. The third-order valence-corrected chi connectivity index (χ3v) is 4.71. The molecule has 0 unspecified atom stereocenters. The molecule has 0 aliphatic carbocycles. The number of sulfonamides is 1. The van der Waals surface area contributed by atoms with Crippen LogP contribution in [0.2, 0.25) is 0 Å². The Bertz CT molecular complexity index is 788. The molecule has 0 aliphatic heterocycles. The fourth-order valence-electron chi connectivity index (χ4n) is 1.43. The largest absolute Gasteiger partial charge is 0.276 e. The summed E-state index contributed by atoms with van der Waals surface area (Å²) < 4.78 is 49.4. The van der Waals surface area contributed by atoms with Crippen LogP contribution in [0.1, 0.15) is 14.5 Å². The molecule has 9 heteroatoms. The normalized spacial score (nSPS) is 11.4. The topological polar surface area (TPSA) is 75.3 Å². The summed E-state index contributed by atoms with van der Waals surface area (Å²) >= 11 is 1.19. The number of carbonyl (C=O) groups is 1. The quantitative estimate of drug-likeness (QED) is 0.841. The fourth-order valence-corrected chi connectivity index (χ4v) is 3.05. The van der Waals surface area contributed by atoms with E-state index in [-0.39, 0.29) is 0 Å². The van der Waals surface area contributed by atoms with Crippen LogP contribution in [0.25, 0.3) is 0 Å². The number of amides is 1. The minimum absolute atomic E-state index is 0.320. The fraction of sp³-hybridized carbons (Fsp3) is 0.0833. The summed E-state index contributed by atoms with van der Waals surface area (Å²) in [7, 11) is -4.18. The number of hydrazine groups is 1. The van der Waals surface area contributed by atoms with E-state index in [4.69, 9.17) is 0 Å². The van der Waals surface area contributed by atoms with Crippen molar-refractivity contribution < 1.29 is 22.0 Å². The lowest BCUT2D eigenvalue weighted by Crippen LogP contribution is -2.41. The molecule has 0 bridgehead atoms. The van der Waals surface area contributed by atoms with E-state index in [1.807, 2.05) is 10.3 Å². The second-order valence-corrected chi connectivity index (χ2v) is 7.02. The third kappa shape index (κ3) is 3.63. The number of hydrogen-bond acceptors (Lipinski definition) is 4. The standard InChI is InChI=1S/C12H10F2N2O3S2/c1-7-2-5-11(20-7)12(17)15-16-21(18,19)8-3-4-9(13)10(14)6-8/h2-6,16H,1H3,(H,15,17). The van der Waals surface area contributed by atoms with Crippen molar-refractivity contribution in [3.05, 3.63) is 51.7 Å². The molecule has 112 valence electrons. The number of hydrogen-bond donors (Lipinski definition) is 2. The van der Waals surface area contributed by atoms with E-state index in [0.29, 0.717) is 17.0 Å². The van der Waals surface area contributed by atoms with E-state index in [2.05, 4.69) is 0 Å². The molecule has 2 N–H and O–H groups in total. The molecule has 0 spiro atoms. The van der Waals surface area contributed by atoms with Gasteiger partial charge in [-0.2, -0.15) is 0 Å². The van der Waals surface area contributed by atoms with Gasteiger partial charge in [0.15, 0.2) is 11.6 Å². The SMILES string of the molecule is Cc1ccc(C(=O)NNS(=O)(=O)c2ccc(F)c(F)c2)s1. The second-order valence-electron chi connectivity index (χ2n) is 4.05. The van der Waals surface area contributed by atoms with Crippen molar-refractivity contribution >= 4 is 27.3 Å². The summed E-state index contributed by atoms with van der Waals surface area (Å²) in [6.45, 7) is 1.80. The number of carbonyl (C=O) groups excluding carboxylic acids is 1. The van der Waals surface area contributed by atoms with Crippen molar-refractivity contribution in [1.29, 1.82) is 0 Å². The Hall–Kier alpha value is -1.84. The summed E-state index contributed by atoms with van der Waals surface area (Å²) in [6, 6.07) is 5.36. The molecule has 0 radical (unpaired) electrons. The van der Waals surface area contributed by atoms with Crippen molar-refractivity contribution in [2.24, 2.45) is 0 Å². The minimum atomic E-state index is -4.18. The first-order valence-corrected chi connectivity index (χ1v) is 7.93. The highest BCUT2D eigenvalue weighted by Gasteiger charge is 2.18. The maximum Gasteiger partial charge on any atom is 0.276 e. The molecule has 0 saturated heterocycles. The van der Waals surface area contributed by atoms with Crippen molar-refractivity contribution in [3.8, 4) is 0 Å². The minimum Gasteiger partial charge on any atom is -0.273 e. The molecular formula is C12H10F2N2O3S2. The van der Waals surface area contributed by atoms with E-state index < -0.39 is 32.5 Å². The van der Waals surface area contributed by atoms with Gasteiger partial charge in [0.05, 0.1) is 9.77 Å².